The molecule has 1 atom stereocenters. The zero-order valence-corrected chi connectivity index (χ0v) is 20.9. The van der Waals surface area contributed by atoms with Crippen LogP contribution in [-0.4, -0.2) is 73.0 Å². The topological polar surface area (TPSA) is 90.7 Å². The summed E-state index contributed by atoms with van der Waals surface area (Å²) in [7, 11) is 3.24. The Kier molecular flexibility index (Phi) is 8.92. The maximum absolute atomic E-state index is 12.5. The highest BCUT2D eigenvalue weighted by Gasteiger charge is 2.25. The van der Waals surface area contributed by atoms with Gasteiger partial charge in [-0.25, -0.2) is 0 Å². The first-order valence-electron chi connectivity index (χ1n) is 12.1. The Labute approximate surface area is 205 Å². The molecule has 2 aliphatic heterocycles. The van der Waals surface area contributed by atoms with Crippen LogP contribution in [0.25, 0.3) is 0 Å². The quantitative estimate of drug-likeness (QED) is 0.482. The lowest BCUT2D eigenvalue weighted by atomic mass is 10.1. The van der Waals surface area contributed by atoms with E-state index in [4.69, 9.17) is 14.2 Å². The van der Waals surface area contributed by atoms with Crippen molar-refractivity contribution in [2.45, 2.75) is 56.3 Å². The zero-order valence-electron chi connectivity index (χ0n) is 20.1. The molecule has 2 fully saturated rings. The summed E-state index contributed by atoms with van der Waals surface area (Å²) in [6, 6.07) is 5.81. The molecule has 4 rings (SSSR count). The lowest BCUT2D eigenvalue weighted by Gasteiger charge is -2.28. The number of methoxy groups -OCH3 is 2. The second kappa shape index (κ2) is 12.3. The van der Waals surface area contributed by atoms with Gasteiger partial charge in [0.05, 0.1) is 32.6 Å². The first-order chi connectivity index (χ1) is 16.7. The van der Waals surface area contributed by atoms with Gasteiger partial charge in [0, 0.05) is 26.2 Å². The monoisotopic (exact) mass is 489 g/mol. The number of nitrogens with zero attached hydrogens (tertiary/aromatic N) is 4. The maximum Gasteiger partial charge on any atom is 0.230 e. The summed E-state index contributed by atoms with van der Waals surface area (Å²) in [6.07, 6.45) is 6.67. The van der Waals surface area contributed by atoms with E-state index in [9.17, 15) is 4.79 Å². The Morgan fingerprint density at radius 1 is 1.15 bits per heavy atom. The van der Waals surface area contributed by atoms with Gasteiger partial charge in [0.25, 0.3) is 0 Å². The number of anilines is 1. The third-order valence-corrected chi connectivity index (χ3v) is 7.23. The van der Waals surface area contributed by atoms with Crippen LogP contribution in [0.1, 0.15) is 37.7 Å². The minimum Gasteiger partial charge on any atom is -0.493 e. The molecule has 0 radical (unpaired) electrons. The highest BCUT2D eigenvalue weighted by Crippen LogP contribution is 2.28. The molecule has 2 saturated heterocycles. The van der Waals surface area contributed by atoms with Gasteiger partial charge < -0.3 is 24.4 Å². The number of ether oxygens (including phenoxy) is 3. The first kappa shape index (κ1) is 24.7. The molecule has 3 heterocycles. The van der Waals surface area contributed by atoms with Crippen molar-refractivity contribution in [3.63, 3.8) is 0 Å². The SMILES string of the molecule is COc1ccc(CCNC(=O)CSc2nnc(N3CCCCC3)n2C[C@@H]2CCCO2)cc1OC. The van der Waals surface area contributed by atoms with Crippen molar-refractivity contribution in [2.75, 3.05) is 51.1 Å². The normalized spacial score (nSPS) is 18.2. The molecule has 0 unspecified atom stereocenters. The molecule has 0 spiro atoms. The highest BCUT2D eigenvalue weighted by atomic mass is 32.2. The Hall–Kier alpha value is -2.46. The van der Waals surface area contributed by atoms with E-state index in [0.29, 0.717) is 30.2 Å². The maximum atomic E-state index is 12.5. The molecule has 1 aromatic carbocycles. The molecule has 1 N–H and O–H groups in total. The Balaban J connectivity index is 1.31. The molecule has 186 valence electrons. The number of nitrogens with one attached hydrogen (secondary N) is 1. The number of piperidine rings is 1. The van der Waals surface area contributed by atoms with Crippen LogP contribution < -0.4 is 19.7 Å². The average molecular weight is 490 g/mol. The van der Waals surface area contributed by atoms with Crippen molar-refractivity contribution < 1.29 is 19.0 Å². The van der Waals surface area contributed by atoms with Gasteiger partial charge >= 0.3 is 0 Å². The molecule has 0 bridgehead atoms. The molecule has 9 nitrogen and oxygen atoms in total. The Morgan fingerprint density at radius 3 is 2.71 bits per heavy atom. The number of rotatable bonds is 11. The van der Waals surface area contributed by atoms with E-state index in [-0.39, 0.29) is 12.0 Å². The van der Waals surface area contributed by atoms with Crippen molar-refractivity contribution in [1.82, 2.24) is 20.1 Å². The van der Waals surface area contributed by atoms with Gasteiger partial charge in [0.15, 0.2) is 16.7 Å². The third-order valence-electron chi connectivity index (χ3n) is 6.26. The molecule has 0 aliphatic carbocycles. The zero-order chi connectivity index (χ0) is 23.8. The van der Waals surface area contributed by atoms with Gasteiger partial charge in [0.1, 0.15) is 0 Å². The second-order valence-electron chi connectivity index (χ2n) is 8.65. The van der Waals surface area contributed by atoms with Crippen LogP contribution in [0.4, 0.5) is 5.95 Å². The highest BCUT2D eigenvalue weighted by molar-refractivity contribution is 7.99. The average Bonchev–Trinajstić information content (AvgIpc) is 3.53. The fourth-order valence-electron chi connectivity index (χ4n) is 4.43. The van der Waals surface area contributed by atoms with E-state index in [0.717, 1.165) is 55.8 Å². The molecule has 1 amide bonds. The number of amides is 1. The molecule has 2 aliphatic rings. The fourth-order valence-corrected chi connectivity index (χ4v) is 5.20. The standard InChI is InChI=1S/C24H35N5O4S/c1-31-20-9-8-18(15-21(20)32-2)10-11-25-22(30)17-34-24-27-26-23(28-12-4-3-5-13-28)29(24)16-19-7-6-14-33-19/h8-9,15,19H,3-7,10-14,16-17H2,1-2H3,(H,25,30)/t19-/m0/s1. The number of hydrogen-bond donors (Lipinski definition) is 1. The van der Waals surface area contributed by atoms with Gasteiger partial charge in [-0.3, -0.25) is 9.36 Å². The van der Waals surface area contributed by atoms with Crippen molar-refractivity contribution in [1.29, 1.82) is 0 Å². The van der Waals surface area contributed by atoms with Gasteiger partial charge in [-0.05, 0) is 56.2 Å². The van der Waals surface area contributed by atoms with Crippen LogP contribution in [-0.2, 0) is 22.5 Å². The Bertz CT molecular complexity index is 941. The number of hydrogen-bond acceptors (Lipinski definition) is 8. The van der Waals surface area contributed by atoms with Crippen LogP contribution in [0, 0.1) is 0 Å². The molecule has 10 heteroatoms. The number of carbonyl (C=O) groups excluding carboxylic acids is 1. The van der Waals surface area contributed by atoms with E-state index in [1.54, 1.807) is 14.2 Å². The minimum atomic E-state index is -0.0170. The second-order valence-corrected chi connectivity index (χ2v) is 9.60. The number of thioether (sulfide) groups is 1. The predicted octanol–water partition coefficient (Wildman–Crippen LogP) is 2.92. The molecule has 34 heavy (non-hydrogen) atoms. The van der Waals surface area contributed by atoms with E-state index in [1.165, 1.54) is 31.0 Å². The van der Waals surface area contributed by atoms with Gasteiger partial charge in [-0.1, -0.05) is 17.8 Å². The molecule has 2 aromatic rings. The van der Waals surface area contributed by atoms with Crippen LogP contribution in [0.5, 0.6) is 11.5 Å². The van der Waals surface area contributed by atoms with Crippen LogP contribution in [0.3, 0.4) is 0 Å². The first-order valence-corrected chi connectivity index (χ1v) is 13.1. The fraction of sp³-hybridized carbons (Fsp3) is 0.625. The largest absolute Gasteiger partial charge is 0.493 e. The molecule has 0 saturated carbocycles. The van der Waals surface area contributed by atoms with Crippen molar-refractivity contribution in [2.24, 2.45) is 0 Å². The van der Waals surface area contributed by atoms with E-state index < -0.39 is 0 Å². The Morgan fingerprint density at radius 2 is 1.97 bits per heavy atom. The summed E-state index contributed by atoms with van der Waals surface area (Å²) < 4.78 is 18.7. The number of benzene rings is 1. The van der Waals surface area contributed by atoms with Crippen molar-refractivity contribution >= 4 is 23.6 Å². The van der Waals surface area contributed by atoms with E-state index in [1.807, 2.05) is 18.2 Å². The smallest absolute Gasteiger partial charge is 0.230 e. The lowest BCUT2D eigenvalue weighted by Crippen LogP contribution is -2.33. The van der Waals surface area contributed by atoms with Crippen molar-refractivity contribution in [3.05, 3.63) is 23.8 Å². The summed E-state index contributed by atoms with van der Waals surface area (Å²) in [4.78, 5) is 14.8. The van der Waals surface area contributed by atoms with Crippen LogP contribution >= 0.6 is 11.8 Å². The number of carbonyl (C=O) groups is 1. The molecule has 1 aromatic heterocycles. The summed E-state index contributed by atoms with van der Waals surface area (Å²) in [5, 5.41) is 12.7. The van der Waals surface area contributed by atoms with Crippen molar-refractivity contribution in [3.8, 4) is 11.5 Å². The summed E-state index contributed by atoms with van der Waals surface area (Å²) in [5.74, 6) is 2.58. The summed E-state index contributed by atoms with van der Waals surface area (Å²) >= 11 is 1.44. The third kappa shape index (κ3) is 6.35. The number of aromatic nitrogens is 3. The van der Waals surface area contributed by atoms with Gasteiger partial charge in [-0.2, -0.15) is 0 Å². The van der Waals surface area contributed by atoms with E-state index >= 15 is 0 Å². The van der Waals surface area contributed by atoms with Crippen LogP contribution in [0.15, 0.2) is 23.4 Å². The summed E-state index contributed by atoms with van der Waals surface area (Å²) in [5.41, 5.74) is 1.08. The van der Waals surface area contributed by atoms with Crippen LogP contribution in [0.2, 0.25) is 0 Å². The van der Waals surface area contributed by atoms with Gasteiger partial charge in [0.2, 0.25) is 11.9 Å². The predicted molar refractivity (Wildman–Crippen MR) is 132 cm³/mol. The minimum absolute atomic E-state index is 0.0170. The molecular weight excluding hydrogens is 454 g/mol. The molecular formula is C24H35N5O4S. The van der Waals surface area contributed by atoms with Gasteiger partial charge in [-0.15, -0.1) is 10.2 Å². The van der Waals surface area contributed by atoms with E-state index in [2.05, 4.69) is 25.0 Å². The lowest BCUT2D eigenvalue weighted by molar-refractivity contribution is -0.118. The summed E-state index contributed by atoms with van der Waals surface area (Å²) in [6.45, 7) is 4.12.